The van der Waals surface area contributed by atoms with Gasteiger partial charge in [-0.3, -0.25) is 4.99 Å². The van der Waals surface area contributed by atoms with Crippen LogP contribution in [0.2, 0.25) is 0 Å². The monoisotopic (exact) mass is 372 g/mol. The van der Waals surface area contributed by atoms with Gasteiger partial charge >= 0.3 is 0 Å². The summed E-state index contributed by atoms with van der Waals surface area (Å²) in [6.07, 6.45) is 4.14. The van der Waals surface area contributed by atoms with Gasteiger partial charge in [0.1, 0.15) is 0 Å². The molecule has 0 spiro atoms. The van der Waals surface area contributed by atoms with Crippen LogP contribution in [-0.2, 0) is 23.0 Å². The minimum atomic E-state index is -3.05. The largest absolute Gasteiger partial charge is 0.356 e. The number of hydrogen-bond acceptors (Lipinski definition) is 4. The number of guanidine groups is 1. The number of aryl methyl sites for hydroxylation is 1. The lowest BCUT2D eigenvalue weighted by atomic mass is 9.98. The van der Waals surface area contributed by atoms with E-state index in [4.69, 9.17) is 0 Å². The van der Waals surface area contributed by atoms with Crippen LogP contribution in [-0.4, -0.2) is 51.6 Å². The van der Waals surface area contributed by atoms with Crippen LogP contribution in [0.25, 0.3) is 0 Å². The first-order valence-electron chi connectivity index (χ1n) is 8.39. The van der Waals surface area contributed by atoms with Crippen molar-refractivity contribution in [1.29, 1.82) is 0 Å². The van der Waals surface area contributed by atoms with Gasteiger partial charge in [-0.2, -0.15) is 0 Å². The lowest BCUT2D eigenvalue weighted by Gasteiger charge is -2.30. The van der Waals surface area contributed by atoms with Crippen LogP contribution in [0, 0.1) is 5.92 Å². The van der Waals surface area contributed by atoms with Crippen molar-refractivity contribution in [3.05, 3.63) is 21.9 Å². The molecule has 1 saturated heterocycles. The van der Waals surface area contributed by atoms with E-state index in [2.05, 4.69) is 34.7 Å². The molecule has 0 saturated carbocycles. The van der Waals surface area contributed by atoms with Crippen molar-refractivity contribution in [3.63, 3.8) is 0 Å². The third-order valence-electron chi connectivity index (χ3n) is 4.32. The maximum Gasteiger partial charge on any atom is 0.211 e. The highest BCUT2D eigenvalue weighted by molar-refractivity contribution is 7.88. The number of piperidine rings is 1. The number of sulfonamides is 1. The predicted molar refractivity (Wildman–Crippen MR) is 101 cm³/mol. The SMILES string of the molecule is CCc1ccc(CNC(=NC)NCC2CCN(S(C)(=O)=O)CC2)s1. The Labute approximate surface area is 149 Å². The highest BCUT2D eigenvalue weighted by atomic mass is 32.2. The second kappa shape index (κ2) is 8.82. The second-order valence-electron chi connectivity index (χ2n) is 6.13. The Bertz CT molecular complexity index is 647. The fraction of sp³-hybridized carbons (Fsp3) is 0.688. The molecule has 0 bridgehead atoms. The van der Waals surface area contributed by atoms with Crippen LogP contribution in [0.15, 0.2) is 17.1 Å². The number of nitrogens with one attached hydrogen (secondary N) is 2. The van der Waals surface area contributed by atoms with Gasteiger partial charge in [-0.15, -0.1) is 11.3 Å². The molecule has 8 heteroatoms. The Morgan fingerprint density at radius 1 is 1.29 bits per heavy atom. The summed E-state index contributed by atoms with van der Waals surface area (Å²) in [6.45, 7) is 5.00. The first-order chi connectivity index (χ1) is 11.4. The van der Waals surface area contributed by atoms with E-state index < -0.39 is 10.0 Å². The number of aliphatic imine (C=N–C) groups is 1. The van der Waals surface area contributed by atoms with Crippen molar-refractivity contribution in [3.8, 4) is 0 Å². The summed E-state index contributed by atoms with van der Waals surface area (Å²) in [6, 6.07) is 4.33. The minimum absolute atomic E-state index is 0.481. The summed E-state index contributed by atoms with van der Waals surface area (Å²) in [5.74, 6) is 1.28. The molecular weight excluding hydrogens is 344 g/mol. The number of thiophene rings is 1. The average molecular weight is 373 g/mol. The third kappa shape index (κ3) is 5.75. The van der Waals surface area contributed by atoms with Gasteiger partial charge in [-0.1, -0.05) is 6.92 Å². The summed E-state index contributed by atoms with van der Waals surface area (Å²) in [4.78, 5) is 6.96. The summed E-state index contributed by atoms with van der Waals surface area (Å²) in [7, 11) is -1.28. The van der Waals surface area contributed by atoms with E-state index in [1.807, 2.05) is 11.3 Å². The topological polar surface area (TPSA) is 73.8 Å². The van der Waals surface area contributed by atoms with Crippen molar-refractivity contribution in [2.75, 3.05) is 32.9 Å². The van der Waals surface area contributed by atoms with Crippen LogP contribution in [0.3, 0.4) is 0 Å². The zero-order valence-corrected chi connectivity index (χ0v) is 16.3. The van der Waals surface area contributed by atoms with Crippen LogP contribution in [0.4, 0.5) is 0 Å². The molecule has 0 unspecified atom stereocenters. The van der Waals surface area contributed by atoms with E-state index in [1.165, 1.54) is 16.0 Å². The van der Waals surface area contributed by atoms with Gasteiger partial charge in [0, 0.05) is 36.4 Å². The Hall–Kier alpha value is -1.12. The van der Waals surface area contributed by atoms with Crippen LogP contribution in [0.1, 0.15) is 29.5 Å². The van der Waals surface area contributed by atoms with Crippen molar-refractivity contribution < 1.29 is 8.42 Å². The van der Waals surface area contributed by atoms with Gasteiger partial charge in [-0.05, 0) is 37.3 Å². The Kier molecular flexibility index (Phi) is 7.06. The van der Waals surface area contributed by atoms with Gasteiger partial charge in [0.2, 0.25) is 10.0 Å². The van der Waals surface area contributed by atoms with Crippen molar-refractivity contribution in [2.24, 2.45) is 10.9 Å². The first-order valence-corrected chi connectivity index (χ1v) is 11.1. The summed E-state index contributed by atoms with van der Waals surface area (Å²) in [5, 5.41) is 6.70. The standard InChI is InChI=1S/C16H28N4O2S2/c1-4-14-5-6-15(23-14)12-19-16(17-2)18-11-13-7-9-20(10-8-13)24(3,21)22/h5-6,13H,4,7-12H2,1-3H3,(H2,17,18,19). The molecular formula is C16H28N4O2S2. The number of hydrogen-bond donors (Lipinski definition) is 2. The zero-order valence-electron chi connectivity index (χ0n) is 14.7. The lowest BCUT2D eigenvalue weighted by Crippen LogP contribution is -2.43. The summed E-state index contributed by atoms with van der Waals surface area (Å²) >= 11 is 1.83. The third-order valence-corrected chi connectivity index (χ3v) is 6.85. The summed E-state index contributed by atoms with van der Waals surface area (Å²) in [5.41, 5.74) is 0. The molecule has 24 heavy (non-hydrogen) atoms. The average Bonchev–Trinajstić information content (AvgIpc) is 3.02. The van der Waals surface area contributed by atoms with Gasteiger partial charge in [-0.25, -0.2) is 12.7 Å². The molecule has 0 radical (unpaired) electrons. The maximum atomic E-state index is 11.5. The fourth-order valence-electron chi connectivity index (χ4n) is 2.78. The molecule has 1 aliphatic heterocycles. The van der Waals surface area contributed by atoms with Gasteiger partial charge in [0.25, 0.3) is 0 Å². The molecule has 2 N–H and O–H groups in total. The molecule has 136 valence electrons. The smallest absolute Gasteiger partial charge is 0.211 e. The van der Waals surface area contributed by atoms with E-state index in [1.54, 1.807) is 11.4 Å². The molecule has 1 aromatic heterocycles. The summed E-state index contributed by atoms with van der Waals surface area (Å²) < 4.78 is 24.6. The highest BCUT2D eigenvalue weighted by Gasteiger charge is 2.24. The number of rotatable bonds is 6. The van der Waals surface area contributed by atoms with Crippen molar-refractivity contribution in [1.82, 2.24) is 14.9 Å². The minimum Gasteiger partial charge on any atom is -0.356 e. The van der Waals surface area contributed by atoms with E-state index in [-0.39, 0.29) is 0 Å². The van der Waals surface area contributed by atoms with Gasteiger partial charge in [0.05, 0.1) is 12.8 Å². The number of nitrogens with zero attached hydrogens (tertiary/aromatic N) is 2. The van der Waals surface area contributed by atoms with Crippen LogP contribution in [0.5, 0.6) is 0 Å². The van der Waals surface area contributed by atoms with E-state index in [0.717, 1.165) is 38.3 Å². The van der Waals surface area contributed by atoms with E-state index in [9.17, 15) is 8.42 Å². The van der Waals surface area contributed by atoms with Crippen LogP contribution < -0.4 is 10.6 Å². The fourth-order valence-corrected chi connectivity index (χ4v) is 4.56. The Balaban J connectivity index is 1.72. The molecule has 0 amide bonds. The second-order valence-corrected chi connectivity index (χ2v) is 9.37. The van der Waals surface area contributed by atoms with E-state index in [0.29, 0.717) is 19.0 Å². The molecule has 2 heterocycles. The molecule has 6 nitrogen and oxygen atoms in total. The Morgan fingerprint density at radius 2 is 1.96 bits per heavy atom. The molecule has 2 rings (SSSR count). The van der Waals surface area contributed by atoms with Crippen LogP contribution >= 0.6 is 11.3 Å². The first kappa shape index (κ1) is 19.2. The van der Waals surface area contributed by atoms with Gasteiger partial charge in [0.15, 0.2) is 5.96 Å². The van der Waals surface area contributed by atoms with Crippen molar-refractivity contribution in [2.45, 2.75) is 32.7 Å². The quantitative estimate of drug-likeness (QED) is 0.588. The highest BCUT2D eigenvalue weighted by Crippen LogP contribution is 2.18. The molecule has 1 fully saturated rings. The molecule has 1 aromatic rings. The van der Waals surface area contributed by atoms with Gasteiger partial charge < -0.3 is 10.6 Å². The molecule has 0 atom stereocenters. The predicted octanol–water partition coefficient (Wildman–Crippen LogP) is 1.65. The maximum absolute atomic E-state index is 11.5. The Morgan fingerprint density at radius 3 is 2.50 bits per heavy atom. The van der Waals surface area contributed by atoms with Crippen molar-refractivity contribution >= 4 is 27.3 Å². The zero-order chi connectivity index (χ0) is 17.6. The lowest BCUT2D eigenvalue weighted by molar-refractivity contribution is 0.275. The molecule has 0 aromatic carbocycles. The van der Waals surface area contributed by atoms with E-state index >= 15 is 0 Å². The normalized spacial score (nSPS) is 17.9. The molecule has 0 aliphatic carbocycles. The molecule has 1 aliphatic rings.